The lowest BCUT2D eigenvalue weighted by molar-refractivity contribution is -0.127. The maximum absolute atomic E-state index is 11.9. The lowest BCUT2D eigenvalue weighted by Crippen LogP contribution is -2.49. The molecule has 1 aromatic heterocycles. The second-order valence-electron chi connectivity index (χ2n) is 5.37. The van der Waals surface area contributed by atoms with Gasteiger partial charge in [0, 0.05) is 32.4 Å². The van der Waals surface area contributed by atoms with Crippen LogP contribution in [0, 0.1) is 0 Å². The molecule has 0 saturated heterocycles. The summed E-state index contributed by atoms with van der Waals surface area (Å²) >= 11 is 0. The number of hydrogen-bond donors (Lipinski definition) is 1. The summed E-state index contributed by atoms with van der Waals surface area (Å²) < 4.78 is 7.43. The van der Waals surface area contributed by atoms with Crippen LogP contribution >= 0.6 is 0 Å². The third-order valence-electron chi connectivity index (χ3n) is 3.91. The van der Waals surface area contributed by atoms with Crippen molar-refractivity contribution in [2.75, 3.05) is 25.0 Å². The van der Waals surface area contributed by atoms with Gasteiger partial charge in [-0.15, -0.1) is 0 Å². The van der Waals surface area contributed by atoms with Crippen LogP contribution in [0.4, 0.5) is 5.69 Å². The number of ether oxygens (including phenoxy) is 1. The molecular formula is C17H19N3O3. The fourth-order valence-electron chi connectivity index (χ4n) is 2.69. The molecule has 0 aliphatic carbocycles. The number of pyridine rings is 1. The SMILES string of the molecule is CNC(=O)C1CN(CCn2ccccc2=O)c2ccccc2O1. The highest BCUT2D eigenvalue weighted by Crippen LogP contribution is 2.32. The Morgan fingerprint density at radius 3 is 2.78 bits per heavy atom. The molecule has 23 heavy (non-hydrogen) atoms. The zero-order valence-corrected chi connectivity index (χ0v) is 12.9. The first-order valence-corrected chi connectivity index (χ1v) is 7.57. The largest absolute Gasteiger partial charge is 0.477 e. The average Bonchev–Trinajstić information content (AvgIpc) is 2.59. The highest BCUT2D eigenvalue weighted by atomic mass is 16.5. The molecule has 6 nitrogen and oxygen atoms in total. The van der Waals surface area contributed by atoms with Crippen molar-refractivity contribution in [2.45, 2.75) is 12.6 Å². The van der Waals surface area contributed by atoms with Crippen molar-refractivity contribution in [2.24, 2.45) is 0 Å². The Kier molecular flexibility index (Phi) is 4.32. The second kappa shape index (κ2) is 6.56. The molecule has 0 bridgehead atoms. The molecule has 0 fully saturated rings. The minimum Gasteiger partial charge on any atom is -0.477 e. The van der Waals surface area contributed by atoms with Gasteiger partial charge in [-0.1, -0.05) is 18.2 Å². The maximum Gasteiger partial charge on any atom is 0.262 e. The van der Waals surface area contributed by atoms with Gasteiger partial charge in [0.1, 0.15) is 5.75 Å². The fourth-order valence-corrected chi connectivity index (χ4v) is 2.69. The van der Waals surface area contributed by atoms with Gasteiger partial charge in [0.05, 0.1) is 12.2 Å². The van der Waals surface area contributed by atoms with E-state index in [2.05, 4.69) is 10.2 Å². The fraction of sp³-hybridized carbons (Fsp3) is 0.294. The van der Waals surface area contributed by atoms with E-state index in [9.17, 15) is 9.59 Å². The first-order valence-electron chi connectivity index (χ1n) is 7.57. The van der Waals surface area contributed by atoms with Crippen molar-refractivity contribution in [3.05, 3.63) is 59.0 Å². The van der Waals surface area contributed by atoms with Crippen LogP contribution in [0.2, 0.25) is 0 Å². The molecule has 6 heteroatoms. The number of fused-ring (bicyclic) bond motifs is 1. The Morgan fingerprint density at radius 2 is 2.00 bits per heavy atom. The molecule has 0 spiro atoms. The number of para-hydroxylation sites is 2. The summed E-state index contributed by atoms with van der Waals surface area (Å²) in [7, 11) is 1.60. The van der Waals surface area contributed by atoms with Gasteiger partial charge in [-0.3, -0.25) is 9.59 Å². The number of aromatic nitrogens is 1. The Labute approximate surface area is 134 Å². The van der Waals surface area contributed by atoms with E-state index < -0.39 is 6.10 Å². The summed E-state index contributed by atoms with van der Waals surface area (Å²) in [4.78, 5) is 25.8. The number of hydrogen-bond acceptors (Lipinski definition) is 4. The molecule has 2 aromatic rings. The average molecular weight is 313 g/mol. The van der Waals surface area contributed by atoms with E-state index in [-0.39, 0.29) is 11.5 Å². The summed E-state index contributed by atoms with van der Waals surface area (Å²) in [5, 5.41) is 2.62. The molecule has 3 rings (SSSR count). The zero-order chi connectivity index (χ0) is 16.2. The standard InChI is InChI=1S/C17H19N3O3/c1-18-17(22)15-12-20(13-6-2-3-7-14(13)23-15)11-10-19-9-5-4-8-16(19)21/h2-9,15H,10-12H2,1H3,(H,18,22). The highest BCUT2D eigenvalue weighted by molar-refractivity contribution is 5.83. The van der Waals surface area contributed by atoms with Gasteiger partial charge in [0.2, 0.25) is 0 Å². The summed E-state index contributed by atoms with van der Waals surface area (Å²) in [5.41, 5.74) is 0.911. The Balaban J connectivity index is 1.81. The van der Waals surface area contributed by atoms with E-state index in [4.69, 9.17) is 4.74 Å². The van der Waals surface area contributed by atoms with Gasteiger partial charge >= 0.3 is 0 Å². The predicted molar refractivity (Wildman–Crippen MR) is 87.8 cm³/mol. The number of anilines is 1. The minimum atomic E-state index is -0.553. The molecule has 0 saturated carbocycles. The van der Waals surface area contributed by atoms with Crippen LogP contribution in [0.1, 0.15) is 0 Å². The second-order valence-corrected chi connectivity index (χ2v) is 5.37. The van der Waals surface area contributed by atoms with Crippen LogP contribution in [0.15, 0.2) is 53.5 Å². The topological polar surface area (TPSA) is 63.6 Å². The van der Waals surface area contributed by atoms with Crippen LogP contribution in [0.25, 0.3) is 0 Å². The number of nitrogens with one attached hydrogen (secondary N) is 1. The summed E-state index contributed by atoms with van der Waals surface area (Å²) in [5.74, 6) is 0.536. The van der Waals surface area contributed by atoms with Crippen molar-refractivity contribution in [1.29, 1.82) is 0 Å². The lowest BCUT2D eigenvalue weighted by atomic mass is 10.1. The van der Waals surface area contributed by atoms with E-state index in [1.807, 2.05) is 30.3 Å². The van der Waals surface area contributed by atoms with E-state index in [0.29, 0.717) is 25.4 Å². The van der Waals surface area contributed by atoms with E-state index in [1.165, 1.54) is 0 Å². The van der Waals surface area contributed by atoms with Gasteiger partial charge in [0.15, 0.2) is 6.10 Å². The van der Waals surface area contributed by atoms with Crippen molar-refractivity contribution >= 4 is 11.6 Å². The number of carbonyl (C=O) groups is 1. The summed E-state index contributed by atoms with van der Waals surface area (Å²) in [6.45, 7) is 1.63. The Hall–Kier alpha value is -2.76. The molecule has 1 atom stereocenters. The van der Waals surface area contributed by atoms with E-state index >= 15 is 0 Å². The lowest BCUT2D eigenvalue weighted by Gasteiger charge is -2.35. The number of rotatable bonds is 4. The normalized spacial score (nSPS) is 16.4. The quantitative estimate of drug-likeness (QED) is 0.909. The van der Waals surface area contributed by atoms with Crippen LogP contribution in [0.3, 0.4) is 0 Å². The summed E-state index contributed by atoms with van der Waals surface area (Å²) in [6, 6.07) is 12.7. The number of amides is 1. The van der Waals surface area contributed by atoms with Gasteiger partial charge in [-0.25, -0.2) is 0 Å². The number of likely N-dealkylation sites (N-methyl/N-ethyl adjacent to an activating group) is 1. The molecule has 1 unspecified atom stereocenters. The van der Waals surface area contributed by atoms with Crippen LogP contribution in [-0.2, 0) is 11.3 Å². The van der Waals surface area contributed by atoms with Crippen molar-refractivity contribution in [3.8, 4) is 5.75 Å². The van der Waals surface area contributed by atoms with Crippen LogP contribution in [-0.4, -0.2) is 36.7 Å². The molecule has 1 amide bonds. The number of nitrogens with zero attached hydrogens (tertiary/aromatic N) is 2. The number of carbonyl (C=O) groups excluding carboxylic acids is 1. The summed E-state index contributed by atoms with van der Waals surface area (Å²) in [6.07, 6.45) is 1.22. The van der Waals surface area contributed by atoms with Crippen LogP contribution in [0.5, 0.6) is 5.75 Å². The highest BCUT2D eigenvalue weighted by Gasteiger charge is 2.29. The molecule has 120 valence electrons. The molecule has 2 heterocycles. The van der Waals surface area contributed by atoms with Crippen LogP contribution < -0.4 is 20.5 Å². The molecule has 1 N–H and O–H groups in total. The third-order valence-corrected chi connectivity index (χ3v) is 3.91. The van der Waals surface area contributed by atoms with Gasteiger partial charge in [-0.2, -0.15) is 0 Å². The third kappa shape index (κ3) is 3.21. The molecule has 1 aromatic carbocycles. The first-order chi connectivity index (χ1) is 11.2. The van der Waals surface area contributed by atoms with E-state index in [1.54, 1.807) is 29.9 Å². The van der Waals surface area contributed by atoms with Gasteiger partial charge in [0.25, 0.3) is 11.5 Å². The Morgan fingerprint density at radius 1 is 1.22 bits per heavy atom. The molecular weight excluding hydrogens is 294 g/mol. The predicted octanol–water partition coefficient (Wildman–Crippen LogP) is 0.862. The monoisotopic (exact) mass is 313 g/mol. The van der Waals surface area contributed by atoms with Crippen molar-refractivity contribution in [3.63, 3.8) is 0 Å². The Bertz CT molecular complexity index is 756. The zero-order valence-electron chi connectivity index (χ0n) is 12.9. The molecule has 0 radical (unpaired) electrons. The minimum absolute atomic E-state index is 0.0307. The first kappa shape index (κ1) is 15.1. The van der Waals surface area contributed by atoms with E-state index in [0.717, 1.165) is 5.69 Å². The number of benzene rings is 1. The van der Waals surface area contributed by atoms with Crippen molar-refractivity contribution < 1.29 is 9.53 Å². The maximum atomic E-state index is 11.9. The smallest absolute Gasteiger partial charge is 0.262 e. The van der Waals surface area contributed by atoms with Gasteiger partial charge in [-0.05, 0) is 18.2 Å². The van der Waals surface area contributed by atoms with Crippen molar-refractivity contribution in [1.82, 2.24) is 9.88 Å². The van der Waals surface area contributed by atoms with Gasteiger partial charge < -0.3 is 19.5 Å². The molecule has 1 aliphatic rings. The molecule has 1 aliphatic heterocycles.